The molecule has 15 heavy (non-hydrogen) atoms. The van der Waals surface area contributed by atoms with Crippen LogP contribution in [0.25, 0.3) is 0 Å². The molecule has 0 N–H and O–H groups in total. The number of hydrogen-bond donors (Lipinski definition) is 0. The highest BCUT2D eigenvalue weighted by atomic mass is 16.5. The van der Waals surface area contributed by atoms with Crippen LogP contribution in [0.2, 0.25) is 0 Å². The molecule has 0 aromatic rings. The van der Waals surface area contributed by atoms with E-state index >= 15 is 0 Å². The molecule has 0 atom stereocenters. The fraction of sp³-hybridized carbons (Fsp3) is 0.917. The molecule has 0 heterocycles. The third kappa shape index (κ3) is 11.4. The molecule has 0 rings (SSSR count). The SMILES string of the molecule is CCCOCCCCCC(=O)OC(C)C. The van der Waals surface area contributed by atoms with Crippen molar-refractivity contribution < 1.29 is 14.3 Å². The minimum absolute atomic E-state index is 0.00499. The molecule has 3 heteroatoms. The molecule has 3 nitrogen and oxygen atoms in total. The normalized spacial score (nSPS) is 10.7. The molecule has 0 amide bonds. The molecule has 0 unspecified atom stereocenters. The summed E-state index contributed by atoms with van der Waals surface area (Å²) in [5, 5.41) is 0. The van der Waals surface area contributed by atoms with E-state index in [9.17, 15) is 4.79 Å². The second-order valence-corrected chi connectivity index (χ2v) is 3.96. The molecule has 0 aliphatic rings. The zero-order chi connectivity index (χ0) is 11.5. The van der Waals surface area contributed by atoms with Crippen LogP contribution in [0.15, 0.2) is 0 Å². The summed E-state index contributed by atoms with van der Waals surface area (Å²) < 4.78 is 10.4. The first-order valence-corrected chi connectivity index (χ1v) is 5.94. The van der Waals surface area contributed by atoms with Gasteiger partial charge in [0.25, 0.3) is 0 Å². The Labute approximate surface area is 93.1 Å². The molecule has 0 aromatic heterocycles. The van der Waals surface area contributed by atoms with Crippen molar-refractivity contribution in [1.29, 1.82) is 0 Å². The molecule has 0 aromatic carbocycles. The lowest BCUT2D eigenvalue weighted by molar-refractivity contribution is -0.147. The minimum atomic E-state index is -0.0838. The average molecular weight is 216 g/mol. The summed E-state index contributed by atoms with van der Waals surface area (Å²) in [6.07, 6.45) is 4.59. The van der Waals surface area contributed by atoms with Gasteiger partial charge in [-0.2, -0.15) is 0 Å². The number of carbonyl (C=O) groups excluding carboxylic acids is 1. The highest BCUT2D eigenvalue weighted by Gasteiger charge is 2.04. The second kappa shape index (κ2) is 9.97. The first kappa shape index (κ1) is 14.4. The monoisotopic (exact) mass is 216 g/mol. The number of rotatable bonds is 9. The topological polar surface area (TPSA) is 35.5 Å². The predicted molar refractivity (Wildman–Crippen MR) is 60.8 cm³/mol. The van der Waals surface area contributed by atoms with Crippen LogP contribution in [0.4, 0.5) is 0 Å². The maximum Gasteiger partial charge on any atom is 0.306 e. The van der Waals surface area contributed by atoms with Crippen molar-refractivity contribution in [2.24, 2.45) is 0 Å². The summed E-state index contributed by atoms with van der Waals surface area (Å²) in [4.78, 5) is 11.1. The maximum atomic E-state index is 11.1. The average Bonchev–Trinajstić information content (AvgIpc) is 2.15. The van der Waals surface area contributed by atoms with E-state index in [0.717, 1.165) is 38.9 Å². The highest BCUT2D eigenvalue weighted by molar-refractivity contribution is 5.69. The Morgan fingerprint density at radius 2 is 1.87 bits per heavy atom. The van der Waals surface area contributed by atoms with Crippen LogP contribution >= 0.6 is 0 Å². The van der Waals surface area contributed by atoms with Crippen LogP contribution in [0.3, 0.4) is 0 Å². The Balaban J connectivity index is 3.13. The van der Waals surface area contributed by atoms with Crippen LogP contribution in [0, 0.1) is 0 Å². The molecule has 0 spiro atoms. The number of unbranched alkanes of at least 4 members (excludes halogenated alkanes) is 2. The fourth-order valence-corrected chi connectivity index (χ4v) is 1.22. The molecule has 0 radical (unpaired) electrons. The summed E-state index contributed by atoms with van der Waals surface area (Å²) in [7, 11) is 0. The Morgan fingerprint density at radius 1 is 1.13 bits per heavy atom. The Morgan fingerprint density at radius 3 is 2.47 bits per heavy atom. The van der Waals surface area contributed by atoms with E-state index in [-0.39, 0.29) is 12.1 Å². The van der Waals surface area contributed by atoms with Gasteiger partial charge < -0.3 is 9.47 Å². The third-order valence-electron chi connectivity index (χ3n) is 1.89. The molecule has 0 saturated carbocycles. The molecule has 0 saturated heterocycles. The third-order valence-corrected chi connectivity index (χ3v) is 1.89. The number of esters is 1. The molecule has 90 valence electrons. The fourth-order valence-electron chi connectivity index (χ4n) is 1.22. The maximum absolute atomic E-state index is 11.1. The van der Waals surface area contributed by atoms with E-state index in [2.05, 4.69) is 6.92 Å². The van der Waals surface area contributed by atoms with Gasteiger partial charge in [0.1, 0.15) is 0 Å². The zero-order valence-corrected chi connectivity index (χ0v) is 10.3. The first-order chi connectivity index (χ1) is 7.16. The highest BCUT2D eigenvalue weighted by Crippen LogP contribution is 2.03. The van der Waals surface area contributed by atoms with Crippen molar-refractivity contribution in [2.75, 3.05) is 13.2 Å². The van der Waals surface area contributed by atoms with Crippen molar-refractivity contribution >= 4 is 5.97 Å². The van der Waals surface area contributed by atoms with Crippen molar-refractivity contribution in [3.05, 3.63) is 0 Å². The van der Waals surface area contributed by atoms with Crippen LogP contribution in [0.5, 0.6) is 0 Å². The van der Waals surface area contributed by atoms with Crippen LogP contribution in [-0.4, -0.2) is 25.3 Å². The van der Waals surface area contributed by atoms with Gasteiger partial charge in [0, 0.05) is 19.6 Å². The van der Waals surface area contributed by atoms with Crippen LogP contribution in [-0.2, 0) is 14.3 Å². The van der Waals surface area contributed by atoms with Gasteiger partial charge in [0.05, 0.1) is 6.10 Å². The quantitative estimate of drug-likeness (QED) is 0.439. The van der Waals surface area contributed by atoms with Crippen molar-refractivity contribution in [1.82, 2.24) is 0 Å². The van der Waals surface area contributed by atoms with Gasteiger partial charge in [-0.3, -0.25) is 4.79 Å². The lowest BCUT2D eigenvalue weighted by Crippen LogP contribution is -2.10. The number of carbonyl (C=O) groups is 1. The van der Waals surface area contributed by atoms with Crippen molar-refractivity contribution in [2.45, 2.75) is 59.0 Å². The Bertz CT molecular complexity index is 155. The minimum Gasteiger partial charge on any atom is -0.463 e. The summed E-state index contributed by atoms with van der Waals surface area (Å²) in [6, 6.07) is 0. The van der Waals surface area contributed by atoms with Crippen LogP contribution in [0.1, 0.15) is 52.9 Å². The van der Waals surface area contributed by atoms with E-state index < -0.39 is 0 Å². The molecule has 0 bridgehead atoms. The van der Waals surface area contributed by atoms with Gasteiger partial charge in [-0.1, -0.05) is 13.3 Å². The first-order valence-electron chi connectivity index (χ1n) is 5.94. The zero-order valence-electron chi connectivity index (χ0n) is 10.3. The van der Waals surface area contributed by atoms with Gasteiger partial charge in [0.15, 0.2) is 0 Å². The Hall–Kier alpha value is -0.570. The van der Waals surface area contributed by atoms with E-state index in [1.54, 1.807) is 0 Å². The summed E-state index contributed by atoms with van der Waals surface area (Å²) in [5.74, 6) is -0.0838. The summed E-state index contributed by atoms with van der Waals surface area (Å²) in [5.41, 5.74) is 0. The van der Waals surface area contributed by atoms with Gasteiger partial charge in [-0.05, 0) is 33.1 Å². The molecule has 0 aliphatic heterocycles. The van der Waals surface area contributed by atoms with Crippen molar-refractivity contribution in [3.8, 4) is 0 Å². The summed E-state index contributed by atoms with van der Waals surface area (Å²) in [6.45, 7) is 7.50. The lowest BCUT2D eigenvalue weighted by Gasteiger charge is -2.07. The van der Waals surface area contributed by atoms with E-state index in [1.165, 1.54) is 0 Å². The van der Waals surface area contributed by atoms with Crippen molar-refractivity contribution in [3.63, 3.8) is 0 Å². The van der Waals surface area contributed by atoms with Crippen LogP contribution < -0.4 is 0 Å². The second-order valence-electron chi connectivity index (χ2n) is 3.96. The van der Waals surface area contributed by atoms with E-state index in [0.29, 0.717) is 6.42 Å². The molecule has 0 fully saturated rings. The van der Waals surface area contributed by atoms with Gasteiger partial charge in [-0.15, -0.1) is 0 Å². The smallest absolute Gasteiger partial charge is 0.306 e. The Kier molecular flexibility index (Phi) is 9.59. The number of hydrogen-bond acceptors (Lipinski definition) is 3. The standard InChI is InChI=1S/C12H24O3/c1-4-9-14-10-7-5-6-8-12(13)15-11(2)3/h11H,4-10H2,1-3H3. The van der Waals surface area contributed by atoms with E-state index in [4.69, 9.17) is 9.47 Å². The van der Waals surface area contributed by atoms with Gasteiger partial charge >= 0.3 is 5.97 Å². The lowest BCUT2D eigenvalue weighted by atomic mass is 10.2. The molecular weight excluding hydrogens is 192 g/mol. The summed E-state index contributed by atoms with van der Waals surface area (Å²) >= 11 is 0. The number of ether oxygens (including phenoxy) is 2. The van der Waals surface area contributed by atoms with Gasteiger partial charge in [0.2, 0.25) is 0 Å². The molecule has 0 aliphatic carbocycles. The predicted octanol–water partition coefficient (Wildman–Crippen LogP) is 2.93. The molecular formula is C12H24O3. The van der Waals surface area contributed by atoms with E-state index in [1.807, 2.05) is 13.8 Å². The largest absolute Gasteiger partial charge is 0.463 e. The van der Waals surface area contributed by atoms with Gasteiger partial charge in [-0.25, -0.2) is 0 Å².